The number of aliphatic hydroxyl groups is 1. The highest BCUT2D eigenvalue weighted by Crippen LogP contribution is 2.08. The number of rotatable bonds is 9. The number of nitrogens with two attached hydrogens (primary N) is 1. The standard InChI is InChI=1S/C19H25NO2/c1-16(12-13-17-8-4-2-5-9-17)20-14-18(21)15-22-19-10-6-3-7-11-19/h2-11,16,18,20-21H,12-15H2,1H3/p+1/t16-,18-/m1/s1. The highest BCUT2D eigenvalue weighted by Gasteiger charge is 2.11. The smallest absolute Gasteiger partial charge is 0.137 e. The molecule has 3 N–H and O–H groups in total. The maximum absolute atomic E-state index is 9.99. The lowest BCUT2D eigenvalue weighted by Gasteiger charge is -2.15. The molecule has 0 unspecified atom stereocenters. The number of para-hydroxylation sites is 1. The van der Waals surface area contributed by atoms with E-state index in [2.05, 4.69) is 36.5 Å². The summed E-state index contributed by atoms with van der Waals surface area (Å²) in [5.41, 5.74) is 1.37. The normalized spacial score (nSPS) is 13.5. The fourth-order valence-corrected chi connectivity index (χ4v) is 2.32. The Morgan fingerprint density at radius 2 is 1.64 bits per heavy atom. The zero-order chi connectivity index (χ0) is 15.6. The fourth-order valence-electron chi connectivity index (χ4n) is 2.32. The summed E-state index contributed by atoms with van der Waals surface area (Å²) < 4.78 is 5.56. The molecule has 0 saturated heterocycles. The molecule has 0 aromatic heterocycles. The third-order valence-electron chi connectivity index (χ3n) is 3.73. The second kappa shape index (κ2) is 9.23. The molecule has 0 bridgehead atoms. The van der Waals surface area contributed by atoms with Crippen LogP contribution in [-0.4, -0.2) is 30.4 Å². The molecule has 3 heteroatoms. The summed E-state index contributed by atoms with van der Waals surface area (Å²) in [6, 6.07) is 20.6. The molecule has 3 nitrogen and oxygen atoms in total. The average molecular weight is 300 g/mol. The molecule has 2 aromatic rings. The Labute approximate surface area is 133 Å². The minimum atomic E-state index is -0.445. The van der Waals surface area contributed by atoms with E-state index in [1.165, 1.54) is 5.56 Å². The molecular formula is C19H26NO2+. The molecule has 0 radical (unpaired) electrons. The topological polar surface area (TPSA) is 46.1 Å². The number of hydrogen-bond acceptors (Lipinski definition) is 2. The van der Waals surface area contributed by atoms with E-state index in [-0.39, 0.29) is 0 Å². The van der Waals surface area contributed by atoms with Gasteiger partial charge in [0.15, 0.2) is 0 Å². The van der Waals surface area contributed by atoms with Gasteiger partial charge in [0.25, 0.3) is 0 Å². The second-order valence-corrected chi connectivity index (χ2v) is 5.75. The van der Waals surface area contributed by atoms with Gasteiger partial charge in [-0.3, -0.25) is 0 Å². The van der Waals surface area contributed by atoms with Crippen molar-refractivity contribution in [2.24, 2.45) is 0 Å². The van der Waals surface area contributed by atoms with Gasteiger partial charge in [-0.15, -0.1) is 0 Å². The maximum atomic E-state index is 9.99. The third-order valence-corrected chi connectivity index (χ3v) is 3.73. The van der Waals surface area contributed by atoms with E-state index in [0.717, 1.165) is 18.6 Å². The van der Waals surface area contributed by atoms with Gasteiger partial charge in [0.05, 0.1) is 6.04 Å². The molecule has 0 fully saturated rings. The van der Waals surface area contributed by atoms with Crippen molar-refractivity contribution in [3.8, 4) is 5.75 Å². The first kappa shape index (κ1) is 16.5. The molecule has 0 aliphatic rings. The summed E-state index contributed by atoms with van der Waals surface area (Å²) in [5.74, 6) is 0.804. The SMILES string of the molecule is C[C@H](CCc1ccccc1)[NH2+]C[C@@H](O)COc1ccccc1. The van der Waals surface area contributed by atoms with E-state index in [1.54, 1.807) is 0 Å². The first-order valence-electron chi connectivity index (χ1n) is 7.97. The predicted octanol–water partition coefficient (Wildman–Crippen LogP) is 2.01. The van der Waals surface area contributed by atoms with Gasteiger partial charge in [0.1, 0.15) is 25.0 Å². The van der Waals surface area contributed by atoms with Crippen LogP contribution >= 0.6 is 0 Å². The summed E-state index contributed by atoms with van der Waals surface area (Å²) in [4.78, 5) is 0. The van der Waals surface area contributed by atoms with Gasteiger partial charge in [-0.05, 0) is 31.0 Å². The van der Waals surface area contributed by atoms with Crippen LogP contribution in [0.3, 0.4) is 0 Å². The van der Waals surface area contributed by atoms with Gasteiger partial charge >= 0.3 is 0 Å². The Morgan fingerprint density at radius 1 is 1.00 bits per heavy atom. The van der Waals surface area contributed by atoms with Crippen LogP contribution in [0.1, 0.15) is 18.9 Å². The van der Waals surface area contributed by atoms with Gasteiger partial charge in [0.2, 0.25) is 0 Å². The molecule has 0 saturated carbocycles. The first-order valence-corrected chi connectivity index (χ1v) is 7.97. The van der Waals surface area contributed by atoms with Crippen molar-refractivity contribution >= 4 is 0 Å². The molecule has 2 rings (SSSR count). The van der Waals surface area contributed by atoms with Crippen LogP contribution < -0.4 is 10.1 Å². The van der Waals surface area contributed by atoms with Crippen molar-refractivity contribution in [3.05, 3.63) is 66.2 Å². The number of ether oxygens (including phenoxy) is 1. The van der Waals surface area contributed by atoms with Crippen LogP contribution in [0.15, 0.2) is 60.7 Å². The molecule has 2 atom stereocenters. The summed E-state index contributed by atoms with van der Waals surface area (Å²) in [6.45, 7) is 3.21. The molecule has 2 aromatic carbocycles. The van der Waals surface area contributed by atoms with Crippen LogP contribution in [0, 0.1) is 0 Å². The number of hydrogen-bond donors (Lipinski definition) is 2. The van der Waals surface area contributed by atoms with E-state index in [0.29, 0.717) is 19.2 Å². The Balaban J connectivity index is 1.60. The summed E-state index contributed by atoms with van der Waals surface area (Å²) in [6.07, 6.45) is 1.74. The van der Waals surface area contributed by atoms with Crippen molar-refractivity contribution in [1.82, 2.24) is 0 Å². The minimum absolute atomic E-state index is 0.339. The predicted molar refractivity (Wildman–Crippen MR) is 89.0 cm³/mol. The lowest BCUT2D eigenvalue weighted by molar-refractivity contribution is -0.692. The molecular weight excluding hydrogens is 274 g/mol. The summed E-state index contributed by atoms with van der Waals surface area (Å²) in [7, 11) is 0. The monoisotopic (exact) mass is 300 g/mol. The summed E-state index contributed by atoms with van der Waals surface area (Å²) >= 11 is 0. The van der Waals surface area contributed by atoms with E-state index >= 15 is 0 Å². The highest BCUT2D eigenvalue weighted by atomic mass is 16.5. The van der Waals surface area contributed by atoms with Crippen LogP contribution in [0.5, 0.6) is 5.75 Å². The molecule has 0 aliphatic carbocycles. The van der Waals surface area contributed by atoms with Gasteiger partial charge in [0, 0.05) is 6.42 Å². The molecule has 22 heavy (non-hydrogen) atoms. The Bertz CT molecular complexity index is 466. The van der Waals surface area contributed by atoms with Gasteiger partial charge in [-0.2, -0.15) is 0 Å². The van der Waals surface area contributed by atoms with Gasteiger partial charge in [-0.25, -0.2) is 0 Å². The minimum Gasteiger partial charge on any atom is -0.491 e. The number of quaternary nitrogens is 1. The van der Waals surface area contributed by atoms with Crippen molar-refractivity contribution in [3.63, 3.8) is 0 Å². The van der Waals surface area contributed by atoms with Crippen LogP contribution in [0.25, 0.3) is 0 Å². The Morgan fingerprint density at radius 3 is 2.32 bits per heavy atom. The Hall–Kier alpha value is -1.84. The van der Waals surface area contributed by atoms with Crippen molar-refractivity contribution in [2.45, 2.75) is 31.9 Å². The second-order valence-electron chi connectivity index (χ2n) is 5.75. The zero-order valence-corrected chi connectivity index (χ0v) is 13.2. The lowest BCUT2D eigenvalue weighted by atomic mass is 10.1. The molecule has 0 amide bonds. The summed E-state index contributed by atoms with van der Waals surface area (Å²) in [5, 5.41) is 12.2. The molecule has 118 valence electrons. The van der Waals surface area contributed by atoms with Crippen LogP contribution in [0.4, 0.5) is 0 Å². The van der Waals surface area contributed by atoms with Crippen LogP contribution in [0.2, 0.25) is 0 Å². The highest BCUT2D eigenvalue weighted by molar-refractivity contribution is 5.20. The number of aryl methyl sites for hydroxylation is 1. The van der Waals surface area contributed by atoms with E-state index in [9.17, 15) is 5.11 Å². The number of aliphatic hydroxyl groups excluding tert-OH is 1. The quantitative estimate of drug-likeness (QED) is 0.744. The molecule has 0 aliphatic heterocycles. The van der Waals surface area contributed by atoms with E-state index in [4.69, 9.17) is 4.74 Å². The molecule has 0 heterocycles. The lowest BCUT2D eigenvalue weighted by Crippen LogP contribution is -2.91. The Kier molecular flexibility index (Phi) is 6.94. The van der Waals surface area contributed by atoms with E-state index < -0.39 is 6.10 Å². The molecule has 0 spiro atoms. The van der Waals surface area contributed by atoms with Crippen molar-refractivity contribution in [1.29, 1.82) is 0 Å². The largest absolute Gasteiger partial charge is 0.491 e. The fraction of sp³-hybridized carbons (Fsp3) is 0.368. The van der Waals surface area contributed by atoms with E-state index in [1.807, 2.05) is 36.4 Å². The van der Waals surface area contributed by atoms with Gasteiger partial charge in [-0.1, -0.05) is 48.5 Å². The maximum Gasteiger partial charge on any atom is 0.137 e. The number of benzene rings is 2. The van der Waals surface area contributed by atoms with Crippen molar-refractivity contribution < 1.29 is 15.2 Å². The third kappa shape index (κ3) is 6.29. The zero-order valence-electron chi connectivity index (χ0n) is 13.2. The van der Waals surface area contributed by atoms with Gasteiger partial charge < -0.3 is 15.2 Å². The average Bonchev–Trinajstić information content (AvgIpc) is 2.58. The van der Waals surface area contributed by atoms with Crippen LogP contribution in [-0.2, 0) is 6.42 Å². The van der Waals surface area contributed by atoms with Crippen molar-refractivity contribution in [2.75, 3.05) is 13.2 Å². The first-order chi connectivity index (χ1) is 10.7.